The first-order valence-corrected chi connectivity index (χ1v) is 10.4. The molecular formula is C24H25N5O4. The molecule has 0 aliphatic heterocycles. The Morgan fingerprint density at radius 2 is 1.76 bits per heavy atom. The molecule has 0 saturated carbocycles. The highest BCUT2D eigenvalue weighted by Gasteiger charge is 2.12. The first-order valence-electron chi connectivity index (χ1n) is 10.4. The number of benzene rings is 2. The van der Waals surface area contributed by atoms with E-state index in [1.807, 2.05) is 36.4 Å². The fourth-order valence-corrected chi connectivity index (χ4v) is 2.83. The number of para-hydroxylation sites is 1. The van der Waals surface area contributed by atoms with Gasteiger partial charge in [-0.1, -0.05) is 18.2 Å². The summed E-state index contributed by atoms with van der Waals surface area (Å²) in [5.74, 6) is 1.00. The Hall–Kier alpha value is -4.32. The van der Waals surface area contributed by atoms with Crippen molar-refractivity contribution in [3.63, 3.8) is 0 Å². The second-order valence-corrected chi connectivity index (χ2v) is 7.19. The lowest BCUT2D eigenvalue weighted by Crippen LogP contribution is -2.33. The number of hydrogen-bond acceptors (Lipinski definition) is 6. The Balaban J connectivity index is 1.36. The molecule has 1 aromatic heterocycles. The van der Waals surface area contributed by atoms with E-state index in [0.29, 0.717) is 35.9 Å². The zero-order chi connectivity index (χ0) is 23.5. The van der Waals surface area contributed by atoms with Gasteiger partial charge in [0, 0.05) is 13.2 Å². The van der Waals surface area contributed by atoms with Crippen molar-refractivity contribution in [2.75, 3.05) is 32.1 Å². The molecule has 0 atom stereocenters. The molecule has 3 aromatic rings. The highest BCUT2D eigenvalue weighted by Crippen LogP contribution is 2.12. The topological polar surface area (TPSA) is 109 Å². The van der Waals surface area contributed by atoms with Crippen LogP contribution in [0.5, 0.6) is 11.5 Å². The van der Waals surface area contributed by atoms with Gasteiger partial charge in [0.05, 0.1) is 43.1 Å². The molecule has 0 radical (unpaired) electrons. The van der Waals surface area contributed by atoms with Gasteiger partial charge in [-0.15, -0.1) is 0 Å². The average molecular weight is 447 g/mol. The van der Waals surface area contributed by atoms with Crippen molar-refractivity contribution in [1.29, 1.82) is 5.26 Å². The van der Waals surface area contributed by atoms with Gasteiger partial charge in [0.2, 0.25) is 11.8 Å². The number of amides is 2. The zero-order valence-corrected chi connectivity index (χ0v) is 18.3. The quantitative estimate of drug-likeness (QED) is 0.484. The molecule has 2 amide bonds. The summed E-state index contributed by atoms with van der Waals surface area (Å²) in [6.45, 7) is 1.02. The number of aromatic nitrogens is 2. The summed E-state index contributed by atoms with van der Waals surface area (Å²) in [6.07, 6.45) is 3.30. The largest absolute Gasteiger partial charge is 0.493 e. The van der Waals surface area contributed by atoms with E-state index >= 15 is 0 Å². The molecule has 170 valence electrons. The molecular weight excluding hydrogens is 422 g/mol. The normalized spacial score (nSPS) is 10.2. The maximum Gasteiger partial charge on any atom is 0.244 e. The number of nitrogens with zero attached hydrogens (tertiary/aromatic N) is 4. The van der Waals surface area contributed by atoms with Gasteiger partial charge in [-0.2, -0.15) is 10.4 Å². The number of nitrogens with one attached hydrogen (secondary N) is 1. The van der Waals surface area contributed by atoms with Crippen LogP contribution in [0.15, 0.2) is 67.0 Å². The van der Waals surface area contributed by atoms with E-state index in [2.05, 4.69) is 10.4 Å². The molecule has 9 heteroatoms. The summed E-state index contributed by atoms with van der Waals surface area (Å²) >= 11 is 0. The van der Waals surface area contributed by atoms with E-state index < -0.39 is 0 Å². The van der Waals surface area contributed by atoms with Gasteiger partial charge in [0.1, 0.15) is 24.7 Å². The van der Waals surface area contributed by atoms with Crippen LogP contribution in [-0.2, 0) is 16.1 Å². The predicted octanol–water partition coefficient (Wildman–Crippen LogP) is 2.70. The predicted molar refractivity (Wildman–Crippen MR) is 122 cm³/mol. The number of carbonyl (C=O) groups excluding carboxylic acids is 2. The number of ether oxygens (including phenoxy) is 2. The third kappa shape index (κ3) is 7.70. The monoisotopic (exact) mass is 447 g/mol. The lowest BCUT2D eigenvalue weighted by molar-refractivity contribution is -0.131. The lowest BCUT2D eigenvalue weighted by atomic mass is 10.2. The molecule has 0 aliphatic carbocycles. The molecule has 2 aromatic carbocycles. The molecule has 0 fully saturated rings. The van der Waals surface area contributed by atoms with E-state index in [1.54, 1.807) is 42.4 Å². The van der Waals surface area contributed by atoms with Gasteiger partial charge < -0.3 is 19.7 Å². The number of nitriles is 1. The van der Waals surface area contributed by atoms with Crippen molar-refractivity contribution >= 4 is 17.5 Å². The van der Waals surface area contributed by atoms with Gasteiger partial charge in [0.15, 0.2) is 0 Å². The minimum absolute atomic E-state index is 0.0420. The number of likely N-dealkylation sites (N-methyl/N-ethyl adjacent to an activating group) is 1. The first-order chi connectivity index (χ1) is 16.0. The summed E-state index contributed by atoms with van der Waals surface area (Å²) < 4.78 is 12.6. The van der Waals surface area contributed by atoms with E-state index in [0.717, 1.165) is 0 Å². The van der Waals surface area contributed by atoms with Crippen LogP contribution in [0.2, 0.25) is 0 Å². The van der Waals surface area contributed by atoms with Crippen molar-refractivity contribution in [3.05, 3.63) is 72.6 Å². The summed E-state index contributed by atoms with van der Waals surface area (Å²) in [4.78, 5) is 26.0. The van der Waals surface area contributed by atoms with E-state index in [4.69, 9.17) is 14.7 Å². The van der Waals surface area contributed by atoms with Gasteiger partial charge >= 0.3 is 0 Å². The van der Waals surface area contributed by atoms with Gasteiger partial charge in [-0.3, -0.25) is 14.3 Å². The number of anilines is 1. The van der Waals surface area contributed by atoms with Crippen molar-refractivity contribution in [2.45, 2.75) is 13.0 Å². The second-order valence-electron chi connectivity index (χ2n) is 7.19. The van der Waals surface area contributed by atoms with Gasteiger partial charge in [-0.05, 0) is 36.4 Å². The highest BCUT2D eigenvalue weighted by atomic mass is 16.5. The van der Waals surface area contributed by atoms with Crippen LogP contribution in [0.4, 0.5) is 5.69 Å². The summed E-state index contributed by atoms with van der Waals surface area (Å²) in [6, 6.07) is 18.1. The molecule has 1 heterocycles. The Bertz CT molecular complexity index is 1090. The van der Waals surface area contributed by atoms with Crippen molar-refractivity contribution in [3.8, 4) is 17.6 Å². The third-order valence-electron chi connectivity index (χ3n) is 4.66. The first kappa shape index (κ1) is 23.3. The molecule has 0 saturated heterocycles. The zero-order valence-electron chi connectivity index (χ0n) is 18.3. The van der Waals surface area contributed by atoms with Crippen LogP contribution in [0.3, 0.4) is 0 Å². The van der Waals surface area contributed by atoms with Gasteiger partial charge in [0.25, 0.3) is 0 Å². The Morgan fingerprint density at radius 3 is 2.48 bits per heavy atom. The van der Waals surface area contributed by atoms with Crippen molar-refractivity contribution < 1.29 is 19.1 Å². The number of hydrogen-bond donors (Lipinski definition) is 1. The van der Waals surface area contributed by atoms with Crippen molar-refractivity contribution in [1.82, 2.24) is 14.7 Å². The maximum absolute atomic E-state index is 12.4. The SMILES string of the molecule is CN(CCOc1ccc(C#N)cc1)C(=O)Cn1cc(NC(=O)CCOc2ccccc2)cn1. The fourth-order valence-electron chi connectivity index (χ4n) is 2.83. The molecule has 3 rings (SSSR count). The minimum Gasteiger partial charge on any atom is -0.493 e. The van der Waals surface area contributed by atoms with Crippen LogP contribution >= 0.6 is 0 Å². The Labute approximate surface area is 192 Å². The number of rotatable bonds is 11. The Kier molecular flexibility index (Phi) is 8.42. The van der Waals surface area contributed by atoms with Gasteiger partial charge in [-0.25, -0.2) is 0 Å². The maximum atomic E-state index is 12.4. The second kappa shape index (κ2) is 11.9. The molecule has 0 aliphatic rings. The highest BCUT2D eigenvalue weighted by molar-refractivity contribution is 5.90. The molecule has 33 heavy (non-hydrogen) atoms. The van der Waals surface area contributed by atoms with E-state index in [9.17, 15) is 9.59 Å². The average Bonchev–Trinajstić information content (AvgIpc) is 3.26. The smallest absolute Gasteiger partial charge is 0.244 e. The lowest BCUT2D eigenvalue weighted by Gasteiger charge is -2.17. The minimum atomic E-state index is -0.200. The van der Waals surface area contributed by atoms with Crippen LogP contribution in [0.25, 0.3) is 0 Å². The molecule has 1 N–H and O–H groups in total. The molecule has 0 unspecified atom stereocenters. The van der Waals surface area contributed by atoms with Crippen LogP contribution in [0, 0.1) is 11.3 Å². The number of carbonyl (C=O) groups is 2. The van der Waals surface area contributed by atoms with Crippen LogP contribution < -0.4 is 14.8 Å². The fraction of sp³-hybridized carbons (Fsp3) is 0.250. The molecule has 0 bridgehead atoms. The Morgan fingerprint density at radius 1 is 1.06 bits per heavy atom. The summed E-state index contributed by atoms with van der Waals surface area (Å²) in [7, 11) is 1.68. The standard InChI is InChI=1S/C24H25N5O4/c1-28(12-14-33-22-9-7-19(15-25)8-10-22)24(31)18-29-17-20(16-26-29)27-23(30)11-13-32-21-5-3-2-4-6-21/h2-10,16-17H,11-14,18H2,1H3,(H,27,30). The van der Waals surface area contributed by atoms with Crippen LogP contribution in [-0.4, -0.2) is 53.3 Å². The van der Waals surface area contributed by atoms with Crippen LogP contribution in [0.1, 0.15) is 12.0 Å². The molecule has 0 spiro atoms. The summed E-state index contributed by atoms with van der Waals surface area (Å²) in [5.41, 5.74) is 1.07. The van der Waals surface area contributed by atoms with E-state index in [-0.39, 0.29) is 31.4 Å². The van der Waals surface area contributed by atoms with E-state index in [1.165, 1.54) is 10.9 Å². The molecule has 9 nitrogen and oxygen atoms in total. The summed E-state index contributed by atoms with van der Waals surface area (Å²) in [5, 5.41) is 15.7. The van der Waals surface area contributed by atoms with Crippen molar-refractivity contribution in [2.24, 2.45) is 0 Å². The third-order valence-corrected chi connectivity index (χ3v) is 4.66.